The minimum atomic E-state index is 0.000600. The van der Waals surface area contributed by atoms with Crippen LogP contribution in [0.3, 0.4) is 0 Å². The molecule has 2 rings (SSSR count). The molecule has 0 bridgehead atoms. The number of carbonyl (C=O) groups is 1. The van der Waals surface area contributed by atoms with E-state index < -0.39 is 0 Å². The van der Waals surface area contributed by atoms with Crippen LogP contribution in [0.1, 0.15) is 23.2 Å². The van der Waals surface area contributed by atoms with Gasteiger partial charge in [-0.05, 0) is 23.9 Å². The lowest BCUT2D eigenvalue weighted by Crippen LogP contribution is -2.24. The van der Waals surface area contributed by atoms with Crippen LogP contribution in [0.5, 0.6) is 0 Å². The zero-order chi connectivity index (χ0) is 13.7. The average Bonchev–Trinajstić information content (AvgIpc) is 3.02. The molecule has 0 saturated heterocycles. The van der Waals surface area contributed by atoms with E-state index in [1.807, 2.05) is 19.2 Å². The maximum Gasteiger partial charge on any atom is 0.230 e. The van der Waals surface area contributed by atoms with Gasteiger partial charge in [-0.25, -0.2) is 4.98 Å². The molecule has 2 heterocycles. The van der Waals surface area contributed by atoms with E-state index in [1.54, 1.807) is 11.3 Å². The molecule has 0 aliphatic rings. The van der Waals surface area contributed by atoms with Crippen LogP contribution in [-0.2, 0) is 17.8 Å². The number of aromatic nitrogens is 3. The second-order valence-corrected chi connectivity index (χ2v) is 5.95. The minimum absolute atomic E-state index is 0.000600. The number of hydrogen-bond donors (Lipinski definition) is 2. The number of aryl methyl sites for hydroxylation is 2. The van der Waals surface area contributed by atoms with E-state index in [4.69, 9.17) is 0 Å². The van der Waals surface area contributed by atoms with Gasteiger partial charge in [0.1, 0.15) is 5.82 Å². The molecule has 0 saturated carbocycles. The van der Waals surface area contributed by atoms with Crippen LogP contribution in [-0.4, -0.2) is 26.8 Å². The van der Waals surface area contributed by atoms with E-state index >= 15 is 0 Å². The lowest BCUT2D eigenvalue weighted by Gasteiger charge is -2.03. The SMILES string of the molecule is CCc1nc(SCC(=O)NCc2sccc2C)n[nH]1. The third-order valence-corrected chi connectivity index (χ3v) is 4.46. The monoisotopic (exact) mass is 296 g/mol. The van der Waals surface area contributed by atoms with E-state index in [9.17, 15) is 4.79 Å². The van der Waals surface area contributed by atoms with E-state index in [0.717, 1.165) is 12.2 Å². The molecule has 5 nitrogen and oxygen atoms in total. The molecule has 0 fully saturated rings. The summed E-state index contributed by atoms with van der Waals surface area (Å²) in [5, 5.41) is 12.4. The summed E-state index contributed by atoms with van der Waals surface area (Å²) in [6.07, 6.45) is 0.817. The summed E-state index contributed by atoms with van der Waals surface area (Å²) < 4.78 is 0. The Morgan fingerprint density at radius 3 is 3.05 bits per heavy atom. The number of thiophene rings is 1. The van der Waals surface area contributed by atoms with Crippen molar-refractivity contribution in [3.8, 4) is 0 Å². The van der Waals surface area contributed by atoms with Crippen molar-refractivity contribution in [2.75, 3.05) is 5.75 Å². The summed E-state index contributed by atoms with van der Waals surface area (Å²) in [6, 6.07) is 2.06. The summed E-state index contributed by atoms with van der Waals surface area (Å²) >= 11 is 3.01. The maximum atomic E-state index is 11.7. The third-order valence-electron chi connectivity index (χ3n) is 2.59. The molecule has 0 radical (unpaired) electrons. The quantitative estimate of drug-likeness (QED) is 0.801. The van der Waals surface area contributed by atoms with Crippen LogP contribution in [0, 0.1) is 6.92 Å². The fourth-order valence-corrected chi connectivity index (χ4v) is 2.94. The smallest absolute Gasteiger partial charge is 0.230 e. The number of H-pyrrole nitrogens is 1. The van der Waals surface area contributed by atoms with E-state index in [1.165, 1.54) is 22.2 Å². The number of carbonyl (C=O) groups excluding carboxylic acids is 1. The zero-order valence-electron chi connectivity index (χ0n) is 10.9. The molecule has 7 heteroatoms. The Balaban J connectivity index is 1.74. The molecule has 102 valence electrons. The van der Waals surface area contributed by atoms with Gasteiger partial charge in [-0.2, -0.15) is 0 Å². The highest BCUT2D eigenvalue weighted by Crippen LogP contribution is 2.15. The molecule has 0 aliphatic heterocycles. The Kier molecular flexibility index (Phi) is 4.98. The van der Waals surface area contributed by atoms with Crippen LogP contribution in [0.25, 0.3) is 0 Å². The van der Waals surface area contributed by atoms with Crippen molar-refractivity contribution in [2.24, 2.45) is 0 Å². The molecular weight excluding hydrogens is 280 g/mol. The zero-order valence-corrected chi connectivity index (χ0v) is 12.5. The maximum absolute atomic E-state index is 11.7. The highest BCUT2D eigenvalue weighted by molar-refractivity contribution is 7.99. The van der Waals surface area contributed by atoms with Crippen LogP contribution in [0.4, 0.5) is 0 Å². The van der Waals surface area contributed by atoms with Crippen molar-refractivity contribution in [1.82, 2.24) is 20.5 Å². The first kappa shape index (κ1) is 14.1. The summed E-state index contributed by atoms with van der Waals surface area (Å²) in [5.74, 6) is 1.18. The number of nitrogens with zero attached hydrogens (tertiary/aromatic N) is 2. The summed E-state index contributed by atoms with van der Waals surface area (Å²) in [6.45, 7) is 4.65. The molecule has 2 N–H and O–H groups in total. The Morgan fingerprint density at radius 1 is 1.58 bits per heavy atom. The first-order valence-corrected chi connectivity index (χ1v) is 7.89. The van der Waals surface area contributed by atoms with Crippen molar-refractivity contribution in [3.05, 3.63) is 27.7 Å². The fourth-order valence-electron chi connectivity index (χ4n) is 1.45. The van der Waals surface area contributed by atoms with Gasteiger partial charge in [0.15, 0.2) is 0 Å². The Hall–Kier alpha value is -1.34. The normalized spacial score (nSPS) is 10.6. The molecule has 0 atom stereocenters. The molecule has 2 aromatic heterocycles. The van der Waals surface area contributed by atoms with Gasteiger partial charge in [-0.15, -0.1) is 16.4 Å². The molecule has 2 aromatic rings. The molecule has 0 aliphatic carbocycles. The van der Waals surface area contributed by atoms with Crippen molar-refractivity contribution in [1.29, 1.82) is 0 Å². The topological polar surface area (TPSA) is 70.7 Å². The summed E-state index contributed by atoms with van der Waals surface area (Å²) in [7, 11) is 0. The predicted molar refractivity (Wildman–Crippen MR) is 77.4 cm³/mol. The van der Waals surface area contributed by atoms with E-state index in [2.05, 4.69) is 26.6 Å². The summed E-state index contributed by atoms with van der Waals surface area (Å²) in [4.78, 5) is 17.1. The van der Waals surface area contributed by atoms with Gasteiger partial charge in [0.05, 0.1) is 12.3 Å². The largest absolute Gasteiger partial charge is 0.350 e. The standard InChI is InChI=1S/C12H16N4OS2/c1-3-10-14-12(16-15-10)19-7-11(17)13-6-9-8(2)4-5-18-9/h4-5H,3,6-7H2,1-2H3,(H,13,17)(H,14,15,16). The molecule has 19 heavy (non-hydrogen) atoms. The molecular formula is C12H16N4OS2. The third kappa shape index (κ3) is 4.07. The van der Waals surface area contributed by atoms with Gasteiger partial charge >= 0.3 is 0 Å². The van der Waals surface area contributed by atoms with E-state index in [0.29, 0.717) is 17.5 Å². The number of nitrogens with one attached hydrogen (secondary N) is 2. The van der Waals surface area contributed by atoms with Gasteiger partial charge in [0.25, 0.3) is 0 Å². The van der Waals surface area contributed by atoms with Gasteiger partial charge in [-0.3, -0.25) is 9.89 Å². The first-order chi connectivity index (χ1) is 9.19. The van der Waals surface area contributed by atoms with E-state index in [-0.39, 0.29) is 5.91 Å². The van der Waals surface area contributed by atoms with Crippen LogP contribution >= 0.6 is 23.1 Å². The van der Waals surface area contributed by atoms with Crippen LogP contribution in [0.15, 0.2) is 16.6 Å². The van der Waals surface area contributed by atoms with Crippen LogP contribution in [0.2, 0.25) is 0 Å². The number of thioether (sulfide) groups is 1. The highest BCUT2D eigenvalue weighted by Gasteiger charge is 2.07. The molecule has 1 amide bonds. The van der Waals surface area contributed by atoms with Gasteiger partial charge in [0.2, 0.25) is 11.1 Å². The Labute approximate surface area is 120 Å². The Morgan fingerprint density at radius 2 is 2.42 bits per heavy atom. The first-order valence-electron chi connectivity index (χ1n) is 6.02. The molecule has 0 aromatic carbocycles. The van der Waals surface area contributed by atoms with Gasteiger partial charge in [0, 0.05) is 11.3 Å². The molecule has 0 unspecified atom stereocenters. The van der Waals surface area contributed by atoms with Gasteiger partial charge in [-0.1, -0.05) is 18.7 Å². The second-order valence-electron chi connectivity index (χ2n) is 4.01. The van der Waals surface area contributed by atoms with Crippen LogP contribution < -0.4 is 5.32 Å². The number of aromatic amines is 1. The average molecular weight is 296 g/mol. The number of hydrogen-bond acceptors (Lipinski definition) is 5. The molecule has 0 spiro atoms. The highest BCUT2D eigenvalue weighted by atomic mass is 32.2. The minimum Gasteiger partial charge on any atom is -0.350 e. The Bertz CT molecular complexity index is 549. The van der Waals surface area contributed by atoms with Crippen molar-refractivity contribution in [2.45, 2.75) is 32.0 Å². The van der Waals surface area contributed by atoms with Gasteiger partial charge < -0.3 is 5.32 Å². The fraction of sp³-hybridized carbons (Fsp3) is 0.417. The number of amides is 1. The lowest BCUT2D eigenvalue weighted by molar-refractivity contribution is -0.118. The van der Waals surface area contributed by atoms with Crippen molar-refractivity contribution in [3.63, 3.8) is 0 Å². The lowest BCUT2D eigenvalue weighted by atomic mass is 10.3. The second kappa shape index (κ2) is 6.72. The van der Waals surface area contributed by atoms with Crippen molar-refractivity contribution >= 4 is 29.0 Å². The predicted octanol–water partition coefficient (Wildman–Crippen LogP) is 2.15. The number of rotatable bonds is 6. The van der Waals surface area contributed by atoms with Crippen molar-refractivity contribution < 1.29 is 4.79 Å². The summed E-state index contributed by atoms with van der Waals surface area (Å²) in [5.41, 5.74) is 1.22.